The normalized spacial score (nSPS) is 38.7. The van der Waals surface area contributed by atoms with Crippen molar-refractivity contribution in [1.82, 2.24) is 0 Å². The number of carboxylic acid groups (broad SMARTS) is 1. The highest BCUT2D eigenvalue weighted by Crippen LogP contribution is 2.61. The Hall–Kier alpha value is -1.12. The Morgan fingerprint density at radius 2 is 2.13 bits per heavy atom. The van der Waals surface area contributed by atoms with Gasteiger partial charge < -0.3 is 9.90 Å². The van der Waals surface area contributed by atoms with Gasteiger partial charge in [0.25, 0.3) is 0 Å². The predicted molar refractivity (Wildman–Crippen MR) is 92.1 cm³/mol. The topological polar surface area (TPSA) is 54.4 Å². The van der Waals surface area contributed by atoms with E-state index in [0.717, 1.165) is 44.9 Å². The zero-order valence-electron chi connectivity index (χ0n) is 14.9. The molecule has 2 rings (SSSR count). The minimum Gasteiger partial charge on any atom is -0.481 e. The van der Waals surface area contributed by atoms with Gasteiger partial charge in [-0.05, 0) is 61.7 Å². The number of carboxylic acids is 1. The van der Waals surface area contributed by atoms with Crippen LogP contribution < -0.4 is 0 Å². The first-order valence-corrected chi connectivity index (χ1v) is 9.08. The van der Waals surface area contributed by atoms with E-state index in [4.69, 9.17) is 5.11 Å². The molecule has 0 saturated heterocycles. The first-order chi connectivity index (χ1) is 10.7. The van der Waals surface area contributed by atoms with Gasteiger partial charge in [0, 0.05) is 11.8 Å². The lowest BCUT2D eigenvalue weighted by Gasteiger charge is -2.57. The largest absolute Gasteiger partial charge is 0.481 e. The summed E-state index contributed by atoms with van der Waals surface area (Å²) in [7, 11) is 0. The van der Waals surface area contributed by atoms with E-state index in [9.17, 15) is 9.59 Å². The molecule has 0 amide bonds. The fourth-order valence-corrected chi connectivity index (χ4v) is 5.52. The van der Waals surface area contributed by atoms with Gasteiger partial charge in [-0.2, -0.15) is 0 Å². The van der Waals surface area contributed by atoms with Crippen molar-refractivity contribution in [3.8, 4) is 0 Å². The number of aliphatic carboxylic acids is 1. The minimum absolute atomic E-state index is 0.145. The number of carbonyl (C=O) groups is 2. The molecule has 0 aromatic carbocycles. The molecule has 130 valence electrons. The van der Waals surface area contributed by atoms with Gasteiger partial charge in [0.1, 0.15) is 6.29 Å². The number of aldehydes is 1. The molecule has 2 aliphatic rings. The van der Waals surface area contributed by atoms with E-state index in [0.29, 0.717) is 11.8 Å². The molecule has 0 bridgehead atoms. The molecule has 2 aliphatic carbocycles. The summed E-state index contributed by atoms with van der Waals surface area (Å²) in [4.78, 5) is 22.7. The van der Waals surface area contributed by atoms with Crippen LogP contribution in [0.3, 0.4) is 0 Å². The monoisotopic (exact) mass is 320 g/mol. The van der Waals surface area contributed by atoms with Crippen LogP contribution in [0.4, 0.5) is 0 Å². The highest BCUT2D eigenvalue weighted by Gasteiger charge is 2.54. The van der Waals surface area contributed by atoms with Gasteiger partial charge in [-0.3, -0.25) is 4.79 Å². The van der Waals surface area contributed by atoms with E-state index in [1.54, 1.807) is 0 Å². The van der Waals surface area contributed by atoms with Crippen molar-refractivity contribution in [3.63, 3.8) is 0 Å². The molecule has 23 heavy (non-hydrogen) atoms. The van der Waals surface area contributed by atoms with Gasteiger partial charge in [-0.25, -0.2) is 0 Å². The summed E-state index contributed by atoms with van der Waals surface area (Å²) < 4.78 is 0. The summed E-state index contributed by atoms with van der Waals surface area (Å²) in [5.74, 6) is 0.351. The van der Waals surface area contributed by atoms with Crippen molar-refractivity contribution < 1.29 is 14.7 Å². The first-order valence-electron chi connectivity index (χ1n) is 9.08. The molecule has 0 aromatic rings. The van der Waals surface area contributed by atoms with Crippen LogP contribution >= 0.6 is 0 Å². The molecular weight excluding hydrogens is 288 g/mol. The molecule has 5 atom stereocenters. The summed E-state index contributed by atoms with van der Waals surface area (Å²) in [5, 5.41) is 8.96. The third-order valence-electron chi connectivity index (χ3n) is 6.81. The summed E-state index contributed by atoms with van der Waals surface area (Å²) in [5.41, 5.74) is 1.27. The standard InChI is InChI=1S/C20H32O3/c1-14(12-18(22)23)6-8-16-15(2)7-9-17-19(3,13-21)10-5-11-20(16,17)4/h13-14,16-17H,2,5-12H2,1,3-4H3,(H,22,23). The summed E-state index contributed by atoms with van der Waals surface area (Å²) in [6.45, 7) is 10.9. The number of fused-ring (bicyclic) bond motifs is 1. The Bertz CT molecular complexity index is 483. The lowest BCUT2D eigenvalue weighted by molar-refractivity contribution is -0.138. The van der Waals surface area contributed by atoms with Gasteiger partial charge >= 0.3 is 5.97 Å². The molecule has 0 spiro atoms. The van der Waals surface area contributed by atoms with Gasteiger partial charge in [-0.1, -0.05) is 39.3 Å². The van der Waals surface area contributed by atoms with E-state index >= 15 is 0 Å². The van der Waals surface area contributed by atoms with Crippen LogP contribution in [-0.2, 0) is 9.59 Å². The van der Waals surface area contributed by atoms with Crippen LogP contribution in [0, 0.1) is 28.6 Å². The Labute approximate surface area is 140 Å². The molecule has 2 fully saturated rings. The highest BCUT2D eigenvalue weighted by atomic mass is 16.4. The zero-order valence-corrected chi connectivity index (χ0v) is 14.9. The van der Waals surface area contributed by atoms with Crippen LogP contribution in [0.1, 0.15) is 72.1 Å². The van der Waals surface area contributed by atoms with Crippen molar-refractivity contribution in [2.75, 3.05) is 0 Å². The smallest absolute Gasteiger partial charge is 0.303 e. The molecule has 5 unspecified atom stereocenters. The lowest BCUT2D eigenvalue weighted by Crippen LogP contribution is -2.51. The second-order valence-corrected chi connectivity index (χ2v) is 8.57. The number of allylic oxidation sites excluding steroid dienone is 1. The van der Waals surface area contributed by atoms with E-state index in [1.165, 1.54) is 11.9 Å². The average molecular weight is 320 g/mol. The van der Waals surface area contributed by atoms with Gasteiger partial charge in [-0.15, -0.1) is 0 Å². The molecule has 1 N–H and O–H groups in total. The zero-order chi connectivity index (χ0) is 17.3. The number of hydrogen-bond acceptors (Lipinski definition) is 2. The first kappa shape index (κ1) is 18.2. The van der Waals surface area contributed by atoms with E-state index < -0.39 is 5.97 Å². The number of hydrogen-bond donors (Lipinski definition) is 1. The molecule has 2 saturated carbocycles. The molecule has 3 nitrogen and oxygen atoms in total. The van der Waals surface area contributed by atoms with Crippen molar-refractivity contribution in [2.24, 2.45) is 28.6 Å². The predicted octanol–water partition coefficient (Wildman–Crippen LogP) is 4.86. The van der Waals surface area contributed by atoms with Crippen LogP contribution in [-0.4, -0.2) is 17.4 Å². The molecule has 0 heterocycles. The van der Waals surface area contributed by atoms with E-state index in [2.05, 4.69) is 20.4 Å². The molecule has 0 aromatic heterocycles. The van der Waals surface area contributed by atoms with Crippen LogP contribution in [0.25, 0.3) is 0 Å². The number of carbonyl (C=O) groups excluding carboxylic acids is 1. The minimum atomic E-state index is -0.713. The SMILES string of the molecule is C=C1CCC2C(C)(C=O)CCCC2(C)C1CCC(C)CC(=O)O. The fraction of sp³-hybridized carbons (Fsp3) is 0.800. The molecule has 0 aliphatic heterocycles. The summed E-state index contributed by atoms with van der Waals surface area (Å²) in [6.07, 6.45) is 8.75. The van der Waals surface area contributed by atoms with Gasteiger partial charge in [0.2, 0.25) is 0 Å². The van der Waals surface area contributed by atoms with Gasteiger partial charge in [0.05, 0.1) is 0 Å². The van der Waals surface area contributed by atoms with Crippen LogP contribution in [0.5, 0.6) is 0 Å². The van der Waals surface area contributed by atoms with Gasteiger partial charge in [0.15, 0.2) is 0 Å². The van der Waals surface area contributed by atoms with Crippen molar-refractivity contribution in [2.45, 2.75) is 72.1 Å². The second kappa shape index (κ2) is 6.78. The molecular formula is C20H32O3. The third kappa shape index (κ3) is 3.54. The van der Waals surface area contributed by atoms with Crippen molar-refractivity contribution >= 4 is 12.3 Å². The maximum atomic E-state index is 11.8. The molecule has 3 heteroatoms. The quantitative estimate of drug-likeness (QED) is 0.562. The third-order valence-corrected chi connectivity index (χ3v) is 6.81. The second-order valence-electron chi connectivity index (χ2n) is 8.57. The number of rotatable bonds is 6. The average Bonchev–Trinajstić information content (AvgIpc) is 2.45. The van der Waals surface area contributed by atoms with E-state index in [1.807, 2.05) is 6.92 Å². The Morgan fingerprint density at radius 1 is 1.43 bits per heavy atom. The lowest BCUT2D eigenvalue weighted by atomic mass is 9.47. The Balaban J connectivity index is 2.15. The summed E-state index contributed by atoms with van der Waals surface area (Å²) in [6, 6.07) is 0. The molecule has 0 radical (unpaired) electrons. The van der Waals surface area contributed by atoms with Crippen LogP contribution in [0.2, 0.25) is 0 Å². The van der Waals surface area contributed by atoms with Crippen molar-refractivity contribution in [3.05, 3.63) is 12.2 Å². The Kier molecular flexibility index (Phi) is 5.37. The Morgan fingerprint density at radius 3 is 2.74 bits per heavy atom. The maximum Gasteiger partial charge on any atom is 0.303 e. The summed E-state index contributed by atoms with van der Waals surface area (Å²) >= 11 is 0. The maximum absolute atomic E-state index is 11.8. The van der Waals surface area contributed by atoms with Crippen LogP contribution in [0.15, 0.2) is 12.2 Å². The highest BCUT2D eigenvalue weighted by molar-refractivity contribution is 5.66. The van der Waals surface area contributed by atoms with Crippen molar-refractivity contribution in [1.29, 1.82) is 0 Å². The van der Waals surface area contributed by atoms with E-state index in [-0.39, 0.29) is 23.2 Å². The fourth-order valence-electron chi connectivity index (χ4n) is 5.52.